The van der Waals surface area contributed by atoms with Crippen LogP contribution in [0.4, 0.5) is 5.69 Å². The van der Waals surface area contributed by atoms with Crippen LogP contribution in [-0.4, -0.2) is 6.26 Å². The topological polar surface area (TPSA) is 12.0 Å². The summed E-state index contributed by atoms with van der Waals surface area (Å²) in [5.41, 5.74) is 3.79. The number of thiophene rings is 1. The highest BCUT2D eigenvalue weighted by molar-refractivity contribution is 7.98. The van der Waals surface area contributed by atoms with Gasteiger partial charge >= 0.3 is 0 Å². The minimum atomic E-state index is 0.870. The molecule has 3 aromatic rings. The molecular formula is C18H17NS2. The van der Waals surface area contributed by atoms with Gasteiger partial charge in [-0.3, -0.25) is 0 Å². The molecule has 0 aliphatic carbocycles. The summed E-state index contributed by atoms with van der Waals surface area (Å²) in [4.78, 5) is 2.64. The standard InChI is InChI=1S/C18H17NS2/c1-20-18-10-6-5-9-17(18)19-12-16-11-15(13-21-16)14-7-3-2-4-8-14/h2-11,13,19H,12H2,1H3. The maximum absolute atomic E-state index is 3.53. The van der Waals surface area contributed by atoms with Crippen molar-refractivity contribution in [3.05, 3.63) is 70.9 Å². The first-order chi connectivity index (χ1) is 10.4. The Bertz CT molecular complexity index is 704. The van der Waals surface area contributed by atoms with Crippen LogP contribution in [0, 0.1) is 0 Å². The van der Waals surface area contributed by atoms with E-state index in [0.29, 0.717) is 0 Å². The van der Waals surface area contributed by atoms with Gasteiger partial charge in [-0.1, -0.05) is 42.5 Å². The zero-order valence-electron chi connectivity index (χ0n) is 11.9. The summed E-state index contributed by atoms with van der Waals surface area (Å²) in [5, 5.41) is 5.76. The van der Waals surface area contributed by atoms with E-state index >= 15 is 0 Å². The van der Waals surface area contributed by atoms with Crippen molar-refractivity contribution in [2.75, 3.05) is 11.6 Å². The van der Waals surface area contributed by atoms with Crippen molar-refractivity contribution < 1.29 is 0 Å². The van der Waals surface area contributed by atoms with Gasteiger partial charge < -0.3 is 5.32 Å². The van der Waals surface area contributed by atoms with Gasteiger partial charge in [0.2, 0.25) is 0 Å². The highest BCUT2D eigenvalue weighted by Gasteiger charge is 2.04. The van der Waals surface area contributed by atoms with E-state index in [1.807, 2.05) is 11.3 Å². The predicted octanol–water partition coefficient (Wildman–Crippen LogP) is 5.75. The van der Waals surface area contributed by atoms with E-state index in [1.54, 1.807) is 11.8 Å². The Hall–Kier alpha value is -1.71. The molecule has 1 nitrogen and oxygen atoms in total. The molecule has 0 atom stereocenters. The minimum absolute atomic E-state index is 0.870. The van der Waals surface area contributed by atoms with Gasteiger partial charge in [0.25, 0.3) is 0 Å². The predicted molar refractivity (Wildman–Crippen MR) is 95.3 cm³/mol. The fraction of sp³-hybridized carbons (Fsp3) is 0.111. The molecule has 0 fully saturated rings. The lowest BCUT2D eigenvalue weighted by Gasteiger charge is -2.09. The molecule has 1 heterocycles. The first-order valence-electron chi connectivity index (χ1n) is 6.86. The van der Waals surface area contributed by atoms with Crippen LogP contribution in [0.2, 0.25) is 0 Å². The lowest BCUT2D eigenvalue weighted by molar-refractivity contribution is 1.17. The smallest absolute Gasteiger partial charge is 0.0494 e. The summed E-state index contributed by atoms with van der Waals surface area (Å²) >= 11 is 3.58. The first kappa shape index (κ1) is 14.2. The largest absolute Gasteiger partial charge is 0.379 e. The minimum Gasteiger partial charge on any atom is -0.379 e. The molecule has 0 bridgehead atoms. The number of nitrogens with one attached hydrogen (secondary N) is 1. The second kappa shape index (κ2) is 6.83. The summed E-state index contributed by atoms with van der Waals surface area (Å²) in [6.45, 7) is 0.870. The second-order valence-electron chi connectivity index (χ2n) is 4.72. The summed E-state index contributed by atoms with van der Waals surface area (Å²) < 4.78 is 0. The Morgan fingerprint density at radius 3 is 2.52 bits per heavy atom. The summed E-state index contributed by atoms with van der Waals surface area (Å²) in [6.07, 6.45) is 2.11. The van der Waals surface area contributed by atoms with E-state index in [9.17, 15) is 0 Å². The van der Waals surface area contributed by atoms with E-state index in [4.69, 9.17) is 0 Å². The lowest BCUT2D eigenvalue weighted by atomic mass is 10.1. The van der Waals surface area contributed by atoms with Gasteiger partial charge in [0.05, 0.1) is 0 Å². The van der Waals surface area contributed by atoms with Crippen LogP contribution in [0.1, 0.15) is 4.88 Å². The normalized spacial score (nSPS) is 10.5. The van der Waals surface area contributed by atoms with E-state index in [0.717, 1.165) is 6.54 Å². The molecule has 0 aliphatic rings. The van der Waals surface area contributed by atoms with Gasteiger partial charge in [0.1, 0.15) is 0 Å². The Morgan fingerprint density at radius 2 is 1.71 bits per heavy atom. The van der Waals surface area contributed by atoms with Crippen LogP contribution in [0.25, 0.3) is 11.1 Å². The van der Waals surface area contributed by atoms with Crippen molar-refractivity contribution in [3.8, 4) is 11.1 Å². The van der Waals surface area contributed by atoms with Gasteiger partial charge in [-0.05, 0) is 41.0 Å². The van der Waals surface area contributed by atoms with Gasteiger partial charge in [0, 0.05) is 22.0 Å². The van der Waals surface area contributed by atoms with E-state index in [-0.39, 0.29) is 0 Å². The molecule has 1 aromatic heterocycles. The molecule has 1 N–H and O–H groups in total. The third kappa shape index (κ3) is 3.49. The molecule has 106 valence electrons. The summed E-state index contributed by atoms with van der Waals surface area (Å²) in [7, 11) is 0. The average Bonchev–Trinajstić information content (AvgIpc) is 3.03. The molecule has 21 heavy (non-hydrogen) atoms. The molecule has 0 saturated heterocycles. The van der Waals surface area contributed by atoms with Crippen molar-refractivity contribution in [2.24, 2.45) is 0 Å². The van der Waals surface area contributed by atoms with Crippen LogP contribution in [0.3, 0.4) is 0 Å². The SMILES string of the molecule is CSc1ccccc1NCc1cc(-c2ccccc2)cs1. The Labute approximate surface area is 134 Å². The van der Waals surface area contributed by atoms with Crippen molar-refractivity contribution >= 4 is 28.8 Å². The molecule has 3 heteroatoms. The number of hydrogen-bond donors (Lipinski definition) is 1. The molecule has 3 rings (SSSR count). The maximum atomic E-state index is 3.53. The molecule has 0 unspecified atom stereocenters. The number of benzene rings is 2. The maximum Gasteiger partial charge on any atom is 0.0494 e. The number of rotatable bonds is 5. The third-order valence-corrected chi connectivity index (χ3v) is 5.05. The fourth-order valence-corrected chi connectivity index (χ4v) is 3.64. The fourth-order valence-electron chi connectivity index (χ4n) is 2.23. The molecule has 0 amide bonds. The van der Waals surface area contributed by atoms with Gasteiger partial charge in [-0.25, -0.2) is 0 Å². The van der Waals surface area contributed by atoms with Crippen molar-refractivity contribution in [1.29, 1.82) is 0 Å². The Balaban J connectivity index is 1.71. The highest BCUT2D eigenvalue weighted by atomic mass is 32.2. The molecule has 0 spiro atoms. The van der Waals surface area contributed by atoms with Crippen LogP contribution in [0.15, 0.2) is 70.9 Å². The summed E-state index contributed by atoms with van der Waals surface area (Å²) in [5.74, 6) is 0. The lowest BCUT2D eigenvalue weighted by Crippen LogP contribution is -1.98. The molecule has 0 aliphatic heterocycles. The van der Waals surface area contributed by atoms with Crippen molar-refractivity contribution in [1.82, 2.24) is 0 Å². The van der Waals surface area contributed by atoms with Gasteiger partial charge in [-0.15, -0.1) is 23.1 Å². The van der Waals surface area contributed by atoms with Crippen LogP contribution in [0.5, 0.6) is 0 Å². The zero-order valence-corrected chi connectivity index (χ0v) is 13.5. The van der Waals surface area contributed by atoms with Crippen LogP contribution in [-0.2, 0) is 6.54 Å². The van der Waals surface area contributed by atoms with E-state index < -0.39 is 0 Å². The number of thioether (sulfide) groups is 1. The Morgan fingerprint density at radius 1 is 0.952 bits per heavy atom. The van der Waals surface area contributed by atoms with Crippen molar-refractivity contribution in [3.63, 3.8) is 0 Å². The molecule has 2 aromatic carbocycles. The van der Waals surface area contributed by atoms with E-state index in [1.165, 1.54) is 26.6 Å². The summed E-state index contributed by atoms with van der Waals surface area (Å²) in [6, 6.07) is 21.2. The van der Waals surface area contributed by atoms with E-state index in [2.05, 4.69) is 77.6 Å². The Kier molecular flexibility index (Phi) is 4.63. The zero-order chi connectivity index (χ0) is 14.5. The quantitative estimate of drug-likeness (QED) is 0.602. The van der Waals surface area contributed by atoms with Gasteiger partial charge in [0.15, 0.2) is 0 Å². The van der Waals surface area contributed by atoms with Crippen LogP contribution < -0.4 is 5.32 Å². The first-order valence-corrected chi connectivity index (χ1v) is 8.97. The van der Waals surface area contributed by atoms with Crippen molar-refractivity contribution in [2.45, 2.75) is 11.4 Å². The average molecular weight is 311 g/mol. The molecule has 0 radical (unpaired) electrons. The molecule has 0 saturated carbocycles. The third-order valence-electron chi connectivity index (χ3n) is 3.32. The highest BCUT2D eigenvalue weighted by Crippen LogP contribution is 2.28. The van der Waals surface area contributed by atoms with Crippen LogP contribution >= 0.6 is 23.1 Å². The van der Waals surface area contributed by atoms with Gasteiger partial charge in [-0.2, -0.15) is 0 Å². The second-order valence-corrected chi connectivity index (χ2v) is 6.57. The number of hydrogen-bond acceptors (Lipinski definition) is 3. The number of anilines is 1. The molecular weight excluding hydrogens is 294 g/mol. The monoisotopic (exact) mass is 311 g/mol. The number of para-hydroxylation sites is 1.